The minimum Gasteiger partial charge on any atom is 0 e. The molecule has 9 heteroatoms. The molecule has 0 atom stereocenters. The summed E-state index contributed by atoms with van der Waals surface area (Å²) in [6, 6.07) is 0. The van der Waals surface area contributed by atoms with E-state index in [2.05, 4.69) is 0 Å². The third-order valence-electron chi connectivity index (χ3n) is 0. The smallest absolute Gasteiger partial charge is 0 e. The van der Waals surface area contributed by atoms with Crippen LogP contribution in [0.15, 0.2) is 0 Å². The Labute approximate surface area is 117 Å². The van der Waals surface area contributed by atoms with Crippen molar-refractivity contribution in [2.75, 3.05) is 0 Å². The monoisotopic (exact) mass is 246 g/mol. The maximum absolute atomic E-state index is 8.88. The van der Waals surface area contributed by atoms with Crippen molar-refractivity contribution in [2.24, 2.45) is 0 Å². The summed E-state index contributed by atoms with van der Waals surface area (Å²) in [4.78, 5) is 21.6. The van der Waals surface area contributed by atoms with E-state index >= 15 is 0 Å². The molecule has 5 nitrogen and oxygen atoms in total. The molecule has 48 valence electrons. The van der Waals surface area contributed by atoms with Crippen LogP contribution in [0.5, 0.6) is 0 Å². The molecule has 5 N–H and O–H groups in total. The molecule has 0 aromatic carbocycles. The molecule has 0 amide bonds. The molecule has 0 fully saturated rings. The van der Waals surface area contributed by atoms with Crippen LogP contribution in [0.4, 0.5) is 0 Å². The average Bonchev–Trinajstić information content (AvgIpc) is 0.722. The summed E-state index contributed by atoms with van der Waals surface area (Å²) in [6.45, 7) is 0. The standard InChI is InChI=1S/Ca.Na.H3O4P.H2O.Zn.3H/c;;1-5(2,3)4;;;;;/h;;(H3,1,2,3,4);1H2;;;;. The summed E-state index contributed by atoms with van der Waals surface area (Å²) in [6.07, 6.45) is 0. The van der Waals surface area contributed by atoms with Gasteiger partial charge in [0, 0.05) is 19.5 Å². The summed E-state index contributed by atoms with van der Waals surface area (Å²) >= 11 is 0. The third kappa shape index (κ3) is 101. The molecule has 0 spiro atoms. The zero-order chi connectivity index (χ0) is 4.50. The van der Waals surface area contributed by atoms with Crippen molar-refractivity contribution in [3.63, 3.8) is 0 Å². The number of hydrogen-bond acceptors (Lipinski definition) is 1. The van der Waals surface area contributed by atoms with Gasteiger partial charge in [0.15, 0.2) is 0 Å². The number of phosphoric acid groups is 1. The van der Waals surface area contributed by atoms with Gasteiger partial charge in [-0.2, -0.15) is 0 Å². The van der Waals surface area contributed by atoms with Crippen LogP contribution in [0.2, 0.25) is 0 Å². The van der Waals surface area contributed by atoms with E-state index in [0.29, 0.717) is 0 Å². The number of hydrogen-bond donors (Lipinski definition) is 3. The Bertz CT molecular complexity index is 63.1. The van der Waals surface area contributed by atoms with E-state index in [9.17, 15) is 0 Å². The molecule has 0 aliphatic rings. The predicted octanol–water partition coefficient (Wildman–Crippen LogP) is -3.32. The van der Waals surface area contributed by atoms with Crippen molar-refractivity contribution in [3.05, 3.63) is 0 Å². The van der Waals surface area contributed by atoms with Gasteiger partial charge in [0.25, 0.3) is 0 Å². The molecule has 0 radical (unpaired) electrons. The summed E-state index contributed by atoms with van der Waals surface area (Å²) < 4.78 is 8.88. The molecule has 0 saturated heterocycles. The molecule has 9 heavy (non-hydrogen) atoms. The Balaban J connectivity index is -0.0000000133. The molecular weight excluding hydrogens is 239 g/mol. The number of rotatable bonds is 0. The molecule has 0 aromatic heterocycles. The second kappa shape index (κ2) is 13.5. The SMILES string of the molecule is O.O=P(O)(O)O.[CaH2].[NaH].[Zn]. The molecule has 0 heterocycles. The zero-order valence-corrected chi connectivity index (χ0v) is 7.27. The fraction of sp³-hybridized carbons (Fsp3) is 0. The van der Waals surface area contributed by atoms with E-state index in [1.807, 2.05) is 0 Å². The predicted molar refractivity (Wildman–Crippen MR) is 33.6 cm³/mol. The van der Waals surface area contributed by atoms with Gasteiger partial charge in [0.2, 0.25) is 0 Å². The molecule has 0 rings (SSSR count). The van der Waals surface area contributed by atoms with Gasteiger partial charge < -0.3 is 20.2 Å². The minimum absolute atomic E-state index is 0. The second-order valence-electron chi connectivity index (χ2n) is 0.513. The average molecular weight is 247 g/mol. The van der Waals surface area contributed by atoms with E-state index in [4.69, 9.17) is 19.2 Å². The van der Waals surface area contributed by atoms with Gasteiger partial charge in [-0.15, -0.1) is 0 Å². The Morgan fingerprint density at radius 2 is 1.11 bits per heavy atom. The molecule has 0 aliphatic carbocycles. The molecule has 0 unspecified atom stereocenters. The molecule has 0 aliphatic heterocycles. The normalized spacial score (nSPS) is 6.56. The Kier molecular flexibility index (Phi) is 44.6. The first-order chi connectivity index (χ1) is 2.00. The van der Waals surface area contributed by atoms with Crippen molar-refractivity contribution >= 4 is 75.1 Å². The van der Waals surface area contributed by atoms with Crippen molar-refractivity contribution < 1.29 is 44.2 Å². The van der Waals surface area contributed by atoms with Gasteiger partial charge in [-0.3, -0.25) is 0 Å². The largest absolute Gasteiger partial charge is 0 e. The minimum atomic E-state index is -4.64. The van der Waals surface area contributed by atoms with E-state index in [1.165, 1.54) is 0 Å². The van der Waals surface area contributed by atoms with Crippen LogP contribution < -0.4 is 0 Å². The fourth-order valence-electron chi connectivity index (χ4n) is 0. The first-order valence-electron chi connectivity index (χ1n) is 0.783. The van der Waals surface area contributed by atoms with Crippen molar-refractivity contribution in [1.82, 2.24) is 0 Å². The topological polar surface area (TPSA) is 109 Å². The maximum atomic E-state index is 8.88. The molecule has 0 bridgehead atoms. The second-order valence-corrected chi connectivity index (χ2v) is 1.54. The quantitative estimate of drug-likeness (QED) is 0.307. The van der Waals surface area contributed by atoms with Crippen LogP contribution in [0, 0.1) is 0 Å². The first kappa shape index (κ1) is 29.7. The van der Waals surface area contributed by atoms with Crippen LogP contribution >= 0.6 is 7.82 Å². The fourth-order valence-corrected chi connectivity index (χ4v) is 0. The van der Waals surface area contributed by atoms with Crippen molar-refractivity contribution in [1.29, 1.82) is 0 Å². The van der Waals surface area contributed by atoms with Gasteiger partial charge >= 0.3 is 75.1 Å². The summed E-state index contributed by atoms with van der Waals surface area (Å²) in [5.41, 5.74) is 0. The first-order valence-corrected chi connectivity index (χ1v) is 2.35. The summed E-state index contributed by atoms with van der Waals surface area (Å²) in [7, 11) is -4.64. The zero-order valence-electron chi connectivity index (χ0n) is 3.40. The molecule has 0 saturated carbocycles. The Morgan fingerprint density at radius 1 is 1.11 bits per heavy atom. The molecular formula is H8CaNaO5PZn. The van der Waals surface area contributed by atoms with E-state index in [0.717, 1.165) is 0 Å². The van der Waals surface area contributed by atoms with Crippen LogP contribution in [0.25, 0.3) is 0 Å². The van der Waals surface area contributed by atoms with Gasteiger partial charge in [-0.25, -0.2) is 4.57 Å². The van der Waals surface area contributed by atoms with Gasteiger partial charge in [-0.1, -0.05) is 0 Å². The van der Waals surface area contributed by atoms with Crippen molar-refractivity contribution in [2.45, 2.75) is 0 Å². The van der Waals surface area contributed by atoms with E-state index in [1.54, 1.807) is 0 Å². The Morgan fingerprint density at radius 3 is 1.11 bits per heavy atom. The van der Waals surface area contributed by atoms with Crippen LogP contribution in [-0.4, -0.2) is 87.5 Å². The maximum Gasteiger partial charge on any atom is 0 e. The summed E-state index contributed by atoms with van der Waals surface area (Å²) in [5, 5.41) is 0. The van der Waals surface area contributed by atoms with Crippen molar-refractivity contribution in [3.8, 4) is 0 Å². The summed E-state index contributed by atoms with van der Waals surface area (Å²) in [5.74, 6) is 0. The van der Waals surface area contributed by atoms with Crippen LogP contribution in [-0.2, 0) is 24.0 Å². The van der Waals surface area contributed by atoms with Crippen LogP contribution in [0.3, 0.4) is 0 Å². The van der Waals surface area contributed by atoms with Gasteiger partial charge in [0.1, 0.15) is 0 Å². The van der Waals surface area contributed by atoms with Crippen LogP contribution in [0.1, 0.15) is 0 Å². The molecule has 0 aromatic rings. The Hall–Kier alpha value is 2.95. The third-order valence-corrected chi connectivity index (χ3v) is 0. The van der Waals surface area contributed by atoms with Gasteiger partial charge in [-0.05, 0) is 0 Å². The van der Waals surface area contributed by atoms with Gasteiger partial charge in [0.05, 0.1) is 0 Å². The van der Waals surface area contributed by atoms with E-state index < -0.39 is 7.82 Å². The van der Waals surface area contributed by atoms with E-state index in [-0.39, 0.29) is 92.2 Å².